The molecule has 0 bridgehead atoms. The molecule has 278 valence electrons. The van der Waals surface area contributed by atoms with Crippen LogP contribution in [0.4, 0.5) is 13.2 Å². The number of nitrogens with zero attached hydrogens (tertiary/aromatic N) is 1. The van der Waals surface area contributed by atoms with Gasteiger partial charge in [-0.2, -0.15) is 13.2 Å². The molecule has 1 aliphatic heterocycles. The second-order valence-electron chi connectivity index (χ2n) is 13.3. The van der Waals surface area contributed by atoms with E-state index >= 15 is 0 Å². The van der Waals surface area contributed by atoms with Gasteiger partial charge in [0.15, 0.2) is 5.78 Å². The first-order valence-corrected chi connectivity index (χ1v) is 18.5. The molecule has 0 saturated carbocycles. The van der Waals surface area contributed by atoms with Crippen molar-refractivity contribution in [2.75, 3.05) is 20.1 Å². The van der Waals surface area contributed by atoms with Crippen LogP contribution in [-0.4, -0.2) is 59.7 Å². The number of H-pyrrole nitrogens is 1. The van der Waals surface area contributed by atoms with E-state index in [4.69, 9.17) is 11.5 Å². The van der Waals surface area contributed by atoms with Gasteiger partial charge in [0, 0.05) is 65.8 Å². The topological polar surface area (TPSA) is 146 Å². The lowest BCUT2D eigenvalue weighted by Crippen LogP contribution is -2.51. The highest BCUT2D eigenvalue weighted by Gasteiger charge is 2.37. The number of alkyl halides is 3. The van der Waals surface area contributed by atoms with Crippen molar-refractivity contribution < 1.29 is 27.6 Å². The first-order chi connectivity index (χ1) is 25.0. The zero-order valence-electron chi connectivity index (χ0n) is 29.3. The van der Waals surface area contributed by atoms with E-state index in [1.807, 2.05) is 30.3 Å². The van der Waals surface area contributed by atoms with Crippen LogP contribution < -0.4 is 22.1 Å². The Morgan fingerprint density at radius 1 is 0.865 bits per heavy atom. The number of ketones is 1. The van der Waals surface area contributed by atoms with Crippen molar-refractivity contribution in [2.45, 2.75) is 86.1 Å². The van der Waals surface area contributed by atoms with Crippen LogP contribution >= 0.6 is 11.8 Å². The molecule has 9 nitrogen and oxygen atoms in total. The summed E-state index contributed by atoms with van der Waals surface area (Å²) >= 11 is 0.979. The van der Waals surface area contributed by atoms with Crippen molar-refractivity contribution in [1.29, 1.82) is 0 Å². The number of halogens is 3. The fourth-order valence-corrected chi connectivity index (χ4v) is 7.95. The van der Waals surface area contributed by atoms with Crippen LogP contribution in [0.2, 0.25) is 0 Å². The highest BCUT2D eigenvalue weighted by molar-refractivity contribution is 7.99. The summed E-state index contributed by atoms with van der Waals surface area (Å²) in [5.74, 6) is -1.75. The van der Waals surface area contributed by atoms with Crippen molar-refractivity contribution >= 4 is 40.3 Å². The van der Waals surface area contributed by atoms with Gasteiger partial charge in [-0.25, -0.2) is 0 Å². The Labute approximate surface area is 306 Å². The Hall–Kier alpha value is -4.17. The van der Waals surface area contributed by atoms with E-state index in [1.165, 1.54) is 11.0 Å². The quantitative estimate of drug-likeness (QED) is 0.134. The maximum atomic E-state index is 14.5. The fourth-order valence-electron chi connectivity index (χ4n) is 6.75. The predicted molar refractivity (Wildman–Crippen MR) is 197 cm³/mol. The minimum atomic E-state index is -4.66. The molecule has 52 heavy (non-hydrogen) atoms. The normalized spacial score (nSPS) is 19.6. The van der Waals surface area contributed by atoms with E-state index in [1.54, 1.807) is 37.5 Å². The lowest BCUT2D eigenvalue weighted by Gasteiger charge is -2.31. The van der Waals surface area contributed by atoms with E-state index in [0.29, 0.717) is 55.7 Å². The highest BCUT2D eigenvalue weighted by atomic mass is 32.2. The monoisotopic (exact) mass is 736 g/mol. The second kappa shape index (κ2) is 18.0. The molecular formula is C39H47F3N6O3S. The third-order valence-corrected chi connectivity index (χ3v) is 11.0. The van der Waals surface area contributed by atoms with Gasteiger partial charge in [0.25, 0.3) is 0 Å². The number of Topliss-reactive ketones (excluding diaryl/α,β-unsaturated/α-hetero) is 1. The van der Waals surface area contributed by atoms with Gasteiger partial charge < -0.3 is 32.0 Å². The minimum absolute atomic E-state index is 0.0274. The number of aromatic amines is 1. The number of hydrogen-bond acceptors (Lipinski definition) is 7. The number of likely N-dealkylation sites (N-methyl/N-ethyl adjacent to an activating group) is 1. The molecule has 2 amide bonds. The number of carbonyl (C=O) groups excluding carboxylic acids is 3. The van der Waals surface area contributed by atoms with Crippen molar-refractivity contribution in [3.8, 4) is 0 Å². The predicted octanol–water partition coefficient (Wildman–Crippen LogP) is 5.94. The van der Waals surface area contributed by atoms with Gasteiger partial charge in [-0.1, -0.05) is 66.7 Å². The van der Waals surface area contributed by atoms with Gasteiger partial charge in [-0.15, -0.1) is 0 Å². The highest BCUT2D eigenvalue weighted by Crippen LogP contribution is 2.42. The van der Waals surface area contributed by atoms with Crippen LogP contribution in [0.1, 0.15) is 60.8 Å². The number of rotatable bonds is 9. The van der Waals surface area contributed by atoms with Crippen molar-refractivity contribution in [3.05, 3.63) is 95.2 Å². The molecular weight excluding hydrogens is 690 g/mol. The molecule has 13 heteroatoms. The molecule has 0 unspecified atom stereocenters. The Morgan fingerprint density at radius 2 is 1.60 bits per heavy atom. The molecule has 2 heterocycles. The number of nitrogens with two attached hydrogens (primary N) is 2. The Kier molecular flexibility index (Phi) is 13.6. The summed E-state index contributed by atoms with van der Waals surface area (Å²) in [6.45, 7) is 0.813. The van der Waals surface area contributed by atoms with Crippen LogP contribution in [0.5, 0.6) is 0 Å². The van der Waals surface area contributed by atoms with E-state index in [0.717, 1.165) is 34.3 Å². The molecule has 1 aromatic heterocycles. The summed E-state index contributed by atoms with van der Waals surface area (Å²) in [7, 11) is 1.56. The third-order valence-electron chi connectivity index (χ3n) is 9.67. The zero-order valence-corrected chi connectivity index (χ0v) is 30.1. The van der Waals surface area contributed by atoms with Crippen LogP contribution in [0.15, 0.2) is 82.7 Å². The van der Waals surface area contributed by atoms with Crippen molar-refractivity contribution in [3.63, 3.8) is 0 Å². The average molecular weight is 737 g/mol. The first kappa shape index (κ1) is 39.0. The van der Waals surface area contributed by atoms with Gasteiger partial charge in [0.05, 0.1) is 11.6 Å². The number of nitrogens with one attached hydrogen (secondary N) is 3. The molecule has 3 atom stereocenters. The summed E-state index contributed by atoms with van der Waals surface area (Å²) in [4.78, 5) is 47.8. The molecule has 7 N–H and O–H groups in total. The molecule has 4 aromatic rings. The van der Waals surface area contributed by atoms with E-state index < -0.39 is 35.6 Å². The summed E-state index contributed by atoms with van der Waals surface area (Å²) in [5, 5.41) is 7.10. The summed E-state index contributed by atoms with van der Waals surface area (Å²) < 4.78 is 43.5. The van der Waals surface area contributed by atoms with Crippen LogP contribution in [0.25, 0.3) is 10.9 Å². The van der Waals surface area contributed by atoms with E-state index in [-0.39, 0.29) is 48.1 Å². The fraction of sp³-hybridized carbons (Fsp3) is 0.410. The molecule has 0 spiro atoms. The average Bonchev–Trinajstić information content (AvgIpc) is 3.54. The standard InChI is InChI=1S/C39H47F3N6O3S/c1-48-33(20-28-24-45-31-15-4-3-13-29(28)31)37(50)47-23-27-12-8-14-30(39(40,41)42)36(27)52-35-17-5-2-11-26(35)22-46-32(16-9-19-44)34(49)21-25(38(48)51)10-6-7-18-43/h2-5,8,11-15,17,24-25,32-33,45-46H,6-7,9-10,16,18-23,43-44H2,1H3,(H,47,50)/t25-,32+,33+/m1/s1. The maximum Gasteiger partial charge on any atom is 0.417 e. The van der Waals surface area contributed by atoms with E-state index in [9.17, 15) is 27.6 Å². The number of aromatic nitrogens is 1. The summed E-state index contributed by atoms with van der Waals surface area (Å²) in [6.07, 6.45) is -0.0817. The minimum Gasteiger partial charge on any atom is -0.361 e. The molecule has 0 saturated heterocycles. The van der Waals surface area contributed by atoms with Crippen molar-refractivity contribution in [2.24, 2.45) is 17.4 Å². The van der Waals surface area contributed by atoms with Crippen molar-refractivity contribution in [1.82, 2.24) is 20.5 Å². The van der Waals surface area contributed by atoms with Gasteiger partial charge in [-0.05, 0) is 73.7 Å². The van der Waals surface area contributed by atoms with Gasteiger partial charge in [-0.3, -0.25) is 14.4 Å². The van der Waals surface area contributed by atoms with Crippen LogP contribution in [0, 0.1) is 5.92 Å². The SMILES string of the molecule is CN1C(=O)[C@H](CCCCN)CC(=O)[C@H](CCCN)NCc2ccccc2Sc2c(cccc2C(F)(F)F)CNC(=O)[C@@H]1Cc1c[nH]c2ccccc12. The third kappa shape index (κ3) is 9.62. The number of unbranched alkanes of at least 4 members (excludes halogenated alkanes) is 1. The smallest absolute Gasteiger partial charge is 0.361 e. The Morgan fingerprint density at radius 3 is 2.37 bits per heavy atom. The lowest BCUT2D eigenvalue weighted by molar-refractivity contribution is -0.143. The maximum absolute atomic E-state index is 14.5. The second-order valence-corrected chi connectivity index (χ2v) is 14.3. The van der Waals surface area contributed by atoms with E-state index in [2.05, 4.69) is 15.6 Å². The zero-order chi connectivity index (χ0) is 37.3. The number of benzene rings is 3. The van der Waals surface area contributed by atoms with Gasteiger partial charge in [0.2, 0.25) is 11.8 Å². The Balaban J connectivity index is 1.60. The number of para-hydroxylation sites is 1. The molecule has 0 fully saturated rings. The van der Waals surface area contributed by atoms with Crippen LogP contribution in [-0.2, 0) is 40.1 Å². The largest absolute Gasteiger partial charge is 0.417 e. The molecule has 5 rings (SSSR count). The summed E-state index contributed by atoms with van der Waals surface area (Å²) in [6, 6.07) is 17.0. The first-order valence-electron chi connectivity index (χ1n) is 17.7. The lowest BCUT2D eigenvalue weighted by atomic mass is 9.90. The molecule has 3 aromatic carbocycles. The molecule has 0 aliphatic carbocycles. The number of amides is 2. The van der Waals surface area contributed by atoms with Gasteiger partial charge in [0.1, 0.15) is 6.04 Å². The van der Waals surface area contributed by atoms with Crippen LogP contribution in [0.3, 0.4) is 0 Å². The van der Waals surface area contributed by atoms with Gasteiger partial charge >= 0.3 is 6.18 Å². The molecule has 1 aliphatic rings. The Bertz CT molecular complexity index is 1850. The number of hydrogen-bond donors (Lipinski definition) is 5. The number of fused-ring (bicyclic) bond motifs is 3. The summed E-state index contributed by atoms with van der Waals surface area (Å²) in [5.41, 5.74) is 13.5. The molecule has 0 radical (unpaired) electrons. The number of carbonyl (C=O) groups is 3.